The van der Waals surface area contributed by atoms with Crippen LogP contribution in [0.5, 0.6) is 5.75 Å². The van der Waals surface area contributed by atoms with Gasteiger partial charge in [0.25, 0.3) is 0 Å². The van der Waals surface area contributed by atoms with Gasteiger partial charge in [-0.2, -0.15) is 0 Å². The van der Waals surface area contributed by atoms with Crippen LogP contribution in [0.15, 0.2) is 23.1 Å². The van der Waals surface area contributed by atoms with E-state index < -0.39 is 9.84 Å². The number of nitrogens with one attached hydrogen (secondary N) is 1. The van der Waals surface area contributed by atoms with Crippen LogP contribution in [0.3, 0.4) is 0 Å². The minimum Gasteiger partial charge on any atom is -0.497 e. The molecule has 0 aromatic heterocycles. The summed E-state index contributed by atoms with van der Waals surface area (Å²) in [5.74, 6) is 0.958. The first-order valence-corrected chi connectivity index (χ1v) is 7.79. The third kappa shape index (κ3) is 2.24. The first-order chi connectivity index (χ1) is 8.49. The number of benzene rings is 1. The fourth-order valence-electron chi connectivity index (χ4n) is 2.55. The maximum Gasteiger partial charge on any atom is 0.179 e. The summed E-state index contributed by atoms with van der Waals surface area (Å²) < 4.78 is 29.5. The fraction of sp³-hybridized carbons (Fsp3) is 0.538. The summed E-state index contributed by atoms with van der Waals surface area (Å²) in [5.41, 5.74) is 0.829. The molecule has 2 unspecified atom stereocenters. The minimum absolute atomic E-state index is 0.0644. The Hall–Kier alpha value is -1.07. The molecule has 0 bridgehead atoms. The molecule has 18 heavy (non-hydrogen) atoms. The molecule has 0 fully saturated rings. The van der Waals surface area contributed by atoms with E-state index in [2.05, 4.69) is 5.32 Å². The predicted molar refractivity (Wildman–Crippen MR) is 70.6 cm³/mol. The van der Waals surface area contributed by atoms with Gasteiger partial charge in [0.15, 0.2) is 9.84 Å². The van der Waals surface area contributed by atoms with E-state index in [1.54, 1.807) is 19.2 Å². The Kier molecular flexibility index (Phi) is 3.64. The van der Waals surface area contributed by atoms with Crippen LogP contribution in [0.1, 0.15) is 25.5 Å². The van der Waals surface area contributed by atoms with Gasteiger partial charge in [0.2, 0.25) is 0 Å². The van der Waals surface area contributed by atoms with Gasteiger partial charge in [0, 0.05) is 6.04 Å². The van der Waals surface area contributed by atoms with Crippen LogP contribution in [0, 0.1) is 5.92 Å². The third-order valence-corrected chi connectivity index (χ3v) is 5.37. The highest BCUT2D eigenvalue weighted by Gasteiger charge is 2.35. The zero-order valence-corrected chi connectivity index (χ0v) is 11.8. The first kappa shape index (κ1) is 13.4. The lowest BCUT2D eigenvalue weighted by atomic mass is 9.95. The molecular formula is C13H19NO3S. The number of fused-ring (bicyclic) bond motifs is 1. The topological polar surface area (TPSA) is 55.4 Å². The van der Waals surface area contributed by atoms with Gasteiger partial charge in [-0.15, -0.1) is 0 Å². The Labute approximate surface area is 108 Å². The molecule has 1 aromatic carbocycles. The number of hydrogen-bond acceptors (Lipinski definition) is 4. The molecule has 1 heterocycles. The van der Waals surface area contributed by atoms with Crippen LogP contribution in [0.25, 0.3) is 0 Å². The van der Waals surface area contributed by atoms with Crippen molar-refractivity contribution < 1.29 is 13.2 Å². The molecule has 0 saturated heterocycles. The molecule has 4 nitrogen and oxygen atoms in total. The Morgan fingerprint density at radius 1 is 1.44 bits per heavy atom. The minimum atomic E-state index is -3.16. The lowest BCUT2D eigenvalue weighted by Gasteiger charge is -2.31. The summed E-state index contributed by atoms with van der Waals surface area (Å²) in [6.45, 7) is 4.80. The number of hydrogen-bond donors (Lipinski definition) is 1. The summed E-state index contributed by atoms with van der Waals surface area (Å²) in [6.07, 6.45) is 0. The van der Waals surface area contributed by atoms with Crippen LogP contribution in [0.2, 0.25) is 0 Å². The Balaban J connectivity index is 2.58. The molecule has 1 aliphatic rings. The van der Waals surface area contributed by atoms with E-state index in [9.17, 15) is 8.42 Å². The van der Waals surface area contributed by atoms with Crippen molar-refractivity contribution >= 4 is 9.84 Å². The lowest BCUT2D eigenvalue weighted by Crippen LogP contribution is -2.36. The summed E-state index contributed by atoms with van der Waals surface area (Å²) in [7, 11) is -1.57. The van der Waals surface area contributed by atoms with Crippen LogP contribution >= 0.6 is 0 Å². The molecule has 1 aromatic rings. The molecule has 100 valence electrons. The zero-order chi connectivity index (χ0) is 13.3. The highest BCUT2D eigenvalue weighted by Crippen LogP contribution is 2.37. The average molecular weight is 269 g/mol. The summed E-state index contributed by atoms with van der Waals surface area (Å²) in [5, 5.41) is 3.36. The number of ether oxygens (including phenoxy) is 1. The van der Waals surface area contributed by atoms with Crippen LogP contribution in [-0.4, -0.2) is 27.8 Å². The number of methoxy groups -OCH3 is 1. The molecule has 0 radical (unpaired) electrons. The molecule has 5 heteroatoms. The number of rotatable bonds is 3. The van der Waals surface area contributed by atoms with Crippen LogP contribution in [0.4, 0.5) is 0 Å². The van der Waals surface area contributed by atoms with Gasteiger partial charge < -0.3 is 10.1 Å². The molecule has 2 rings (SSSR count). The van der Waals surface area contributed by atoms with E-state index in [1.165, 1.54) is 0 Å². The van der Waals surface area contributed by atoms with Crippen molar-refractivity contribution in [2.24, 2.45) is 5.92 Å². The van der Waals surface area contributed by atoms with Crippen molar-refractivity contribution in [3.05, 3.63) is 23.8 Å². The molecule has 0 spiro atoms. The molecule has 1 aliphatic heterocycles. The molecule has 2 atom stereocenters. The highest BCUT2D eigenvalue weighted by atomic mass is 32.2. The van der Waals surface area contributed by atoms with E-state index in [0.29, 0.717) is 10.6 Å². The van der Waals surface area contributed by atoms with Crippen molar-refractivity contribution in [2.45, 2.75) is 24.8 Å². The van der Waals surface area contributed by atoms with Crippen molar-refractivity contribution in [1.29, 1.82) is 0 Å². The second-order valence-electron chi connectivity index (χ2n) is 4.70. The largest absolute Gasteiger partial charge is 0.497 e. The monoisotopic (exact) mass is 269 g/mol. The van der Waals surface area contributed by atoms with Gasteiger partial charge in [0.1, 0.15) is 5.75 Å². The quantitative estimate of drug-likeness (QED) is 0.908. The van der Waals surface area contributed by atoms with E-state index in [0.717, 1.165) is 12.1 Å². The van der Waals surface area contributed by atoms with Gasteiger partial charge in [-0.1, -0.05) is 13.8 Å². The van der Waals surface area contributed by atoms with Crippen molar-refractivity contribution in [2.75, 3.05) is 19.4 Å². The first-order valence-electron chi connectivity index (χ1n) is 6.13. The standard InChI is InChI=1S/C13H19NO3S/c1-4-14-13-9(2)8-18(15,16)12-6-5-10(17-3)7-11(12)13/h5-7,9,13-14H,4,8H2,1-3H3. The average Bonchev–Trinajstić information content (AvgIpc) is 2.33. The van der Waals surface area contributed by atoms with Crippen LogP contribution in [-0.2, 0) is 9.84 Å². The second-order valence-corrected chi connectivity index (χ2v) is 6.70. The normalized spacial score (nSPS) is 25.5. The lowest BCUT2D eigenvalue weighted by molar-refractivity contribution is 0.391. The highest BCUT2D eigenvalue weighted by molar-refractivity contribution is 7.91. The van der Waals surface area contributed by atoms with Gasteiger partial charge in [-0.3, -0.25) is 0 Å². The summed E-state index contributed by atoms with van der Waals surface area (Å²) >= 11 is 0. The van der Waals surface area contributed by atoms with Gasteiger partial charge >= 0.3 is 0 Å². The Morgan fingerprint density at radius 2 is 2.17 bits per heavy atom. The molecule has 1 N–H and O–H groups in total. The Bertz CT molecular complexity index is 539. The maximum atomic E-state index is 12.2. The third-order valence-electron chi connectivity index (χ3n) is 3.36. The van der Waals surface area contributed by atoms with Gasteiger partial charge in [-0.25, -0.2) is 8.42 Å². The van der Waals surface area contributed by atoms with Crippen molar-refractivity contribution in [3.63, 3.8) is 0 Å². The Morgan fingerprint density at radius 3 is 2.78 bits per heavy atom. The van der Waals surface area contributed by atoms with Crippen molar-refractivity contribution in [3.8, 4) is 5.75 Å². The maximum absolute atomic E-state index is 12.2. The second kappa shape index (κ2) is 4.90. The van der Waals surface area contributed by atoms with Crippen molar-refractivity contribution in [1.82, 2.24) is 5.32 Å². The smallest absolute Gasteiger partial charge is 0.179 e. The van der Waals surface area contributed by atoms with E-state index in [4.69, 9.17) is 4.74 Å². The molecule has 0 saturated carbocycles. The van der Waals surface area contributed by atoms with E-state index in [-0.39, 0.29) is 17.7 Å². The zero-order valence-electron chi connectivity index (χ0n) is 10.9. The predicted octanol–water partition coefficient (Wildman–Crippen LogP) is 1.77. The van der Waals surface area contributed by atoms with Crippen LogP contribution < -0.4 is 10.1 Å². The van der Waals surface area contributed by atoms with Gasteiger partial charge in [0.05, 0.1) is 17.8 Å². The summed E-state index contributed by atoms with van der Waals surface area (Å²) in [4.78, 5) is 0.437. The molecular weight excluding hydrogens is 250 g/mol. The van der Waals surface area contributed by atoms with E-state index >= 15 is 0 Å². The van der Waals surface area contributed by atoms with E-state index in [1.807, 2.05) is 19.9 Å². The SMILES string of the molecule is CCNC1c2cc(OC)ccc2S(=O)(=O)CC1C. The molecule has 0 aliphatic carbocycles. The molecule has 0 amide bonds. The summed E-state index contributed by atoms with van der Waals surface area (Å²) in [6, 6.07) is 5.26. The van der Waals surface area contributed by atoms with Gasteiger partial charge in [-0.05, 0) is 36.2 Å². The number of sulfone groups is 1. The fourth-order valence-corrected chi connectivity index (χ4v) is 4.43.